The van der Waals surface area contributed by atoms with E-state index in [0.717, 1.165) is 25.8 Å². The standard InChI is InChI=1S/C12H15BrCl2N2O2S/c13-8-6-10(14)12(11(15)7-8)20(18,19)17-5-3-9-2-1-4-16-9/h6-7,9,16-17H,1-5H2/t9-/m1/s1. The van der Waals surface area contributed by atoms with Crippen molar-refractivity contribution in [1.29, 1.82) is 0 Å². The molecule has 1 aliphatic heterocycles. The highest BCUT2D eigenvalue weighted by atomic mass is 79.9. The summed E-state index contributed by atoms with van der Waals surface area (Å²) in [6, 6.07) is 3.41. The van der Waals surface area contributed by atoms with Gasteiger partial charge in [0, 0.05) is 17.1 Å². The average Bonchev–Trinajstić information content (AvgIpc) is 2.79. The molecule has 2 rings (SSSR count). The number of benzene rings is 1. The highest BCUT2D eigenvalue weighted by Gasteiger charge is 2.23. The van der Waals surface area contributed by atoms with E-state index in [0.29, 0.717) is 17.1 Å². The Hall–Kier alpha value is 0.150. The average molecular weight is 402 g/mol. The molecule has 1 aromatic carbocycles. The van der Waals surface area contributed by atoms with Crippen molar-refractivity contribution in [3.05, 3.63) is 26.7 Å². The lowest BCUT2D eigenvalue weighted by Crippen LogP contribution is -2.31. The minimum atomic E-state index is -3.69. The van der Waals surface area contributed by atoms with Crippen molar-refractivity contribution in [2.75, 3.05) is 13.1 Å². The molecule has 8 heteroatoms. The molecular formula is C12H15BrCl2N2O2S. The van der Waals surface area contributed by atoms with Crippen molar-refractivity contribution in [3.8, 4) is 0 Å². The van der Waals surface area contributed by atoms with Crippen LogP contribution >= 0.6 is 39.1 Å². The summed E-state index contributed by atoms with van der Waals surface area (Å²) in [7, 11) is -3.69. The lowest BCUT2D eigenvalue weighted by molar-refractivity contribution is 0.539. The Morgan fingerprint density at radius 2 is 2.00 bits per heavy atom. The van der Waals surface area contributed by atoms with Crippen LogP contribution in [0.5, 0.6) is 0 Å². The molecule has 0 amide bonds. The first-order valence-corrected chi connectivity index (χ1v) is 9.31. The molecule has 0 unspecified atom stereocenters. The number of nitrogens with one attached hydrogen (secondary N) is 2. The second-order valence-corrected chi connectivity index (χ2v) is 8.11. The second kappa shape index (κ2) is 6.94. The van der Waals surface area contributed by atoms with Gasteiger partial charge >= 0.3 is 0 Å². The quantitative estimate of drug-likeness (QED) is 0.796. The van der Waals surface area contributed by atoms with E-state index < -0.39 is 10.0 Å². The monoisotopic (exact) mass is 400 g/mol. The van der Waals surface area contributed by atoms with Gasteiger partial charge in [-0.2, -0.15) is 0 Å². The predicted octanol–water partition coefficient (Wildman–Crippen LogP) is 3.18. The second-order valence-electron chi connectivity index (χ2n) is 4.68. The molecule has 1 heterocycles. The van der Waals surface area contributed by atoms with Gasteiger partial charge in [0.25, 0.3) is 0 Å². The van der Waals surface area contributed by atoms with Gasteiger partial charge in [-0.3, -0.25) is 0 Å². The summed E-state index contributed by atoms with van der Waals surface area (Å²) in [5, 5.41) is 3.53. The van der Waals surface area contributed by atoms with E-state index in [1.807, 2.05) is 0 Å². The molecule has 1 aromatic rings. The van der Waals surface area contributed by atoms with Gasteiger partial charge < -0.3 is 5.32 Å². The summed E-state index contributed by atoms with van der Waals surface area (Å²) >= 11 is 15.2. The van der Waals surface area contributed by atoms with Crippen LogP contribution in [0.4, 0.5) is 0 Å². The molecular weight excluding hydrogens is 387 g/mol. The number of halogens is 3. The maximum Gasteiger partial charge on any atom is 0.243 e. The Morgan fingerprint density at radius 3 is 2.55 bits per heavy atom. The van der Waals surface area contributed by atoms with Crippen LogP contribution < -0.4 is 10.0 Å². The van der Waals surface area contributed by atoms with Gasteiger partial charge in [-0.05, 0) is 37.9 Å². The van der Waals surface area contributed by atoms with E-state index in [1.54, 1.807) is 0 Å². The van der Waals surface area contributed by atoms with Gasteiger partial charge in [0.05, 0.1) is 10.0 Å². The molecule has 0 aliphatic carbocycles. The zero-order chi connectivity index (χ0) is 14.8. The zero-order valence-electron chi connectivity index (χ0n) is 10.6. The van der Waals surface area contributed by atoms with Crippen molar-refractivity contribution in [2.45, 2.75) is 30.2 Å². The highest BCUT2D eigenvalue weighted by molar-refractivity contribution is 9.10. The Morgan fingerprint density at radius 1 is 1.35 bits per heavy atom. The van der Waals surface area contributed by atoms with Gasteiger partial charge in [0.1, 0.15) is 4.90 Å². The van der Waals surface area contributed by atoms with Crippen LogP contribution in [0.2, 0.25) is 10.0 Å². The molecule has 0 saturated carbocycles. The minimum Gasteiger partial charge on any atom is -0.314 e. The minimum absolute atomic E-state index is 0.0663. The molecule has 0 radical (unpaired) electrons. The van der Waals surface area contributed by atoms with Crippen LogP contribution in [-0.2, 0) is 10.0 Å². The number of rotatable bonds is 5. The van der Waals surface area contributed by atoms with Crippen molar-refractivity contribution in [2.24, 2.45) is 0 Å². The lowest BCUT2D eigenvalue weighted by Gasteiger charge is -2.13. The van der Waals surface area contributed by atoms with E-state index in [-0.39, 0.29) is 14.9 Å². The Bertz CT molecular complexity index is 566. The van der Waals surface area contributed by atoms with Gasteiger partial charge in [-0.25, -0.2) is 13.1 Å². The van der Waals surface area contributed by atoms with Crippen molar-refractivity contribution >= 4 is 49.2 Å². The molecule has 112 valence electrons. The number of hydrogen-bond acceptors (Lipinski definition) is 3. The summed E-state index contributed by atoms with van der Waals surface area (Å²) in [6.45, 7) is 1.37. The van der Waals surface area contributed by atoms with Crippen LogP contribution in [0.15, 0.2) is 21.5 Å². The molecule has 4 nitrogen and oxygen atoms in total. The summed E-state index contributed by atoms with van der Waals surface area (Å²) in [5.41, 5.74) is 0. The Labute approximate surface area is 137 Å². The number of hydrogen-bond donors (Lipinski definition) is 2. The van der Waals surface area contributed by atoms with Crippen molar-refractivity contribution in [3.63, 3.8) is 0 Å². The smallest absolute Gasteiger partial charge is 0.243 e. The first-order valence-electron chi connectivity index (χ1n) is 6.28. The fraction of sp³-hybridized carbons (Fsp3) is 0.500. The third kappa shape index (κ3) is 4.08. The zero-order valence-corrected chi connectivity index (χ0v) is 14.5. The largest absolute Gasteiger partial charge is 0.314 e. The van der Waals surface area contributed by atoms with Crippen molar-refractivity contribution in [1.82, 2.24) is 10.0 Å². The third-order valence-corrected chi connectivity index (χ3v) is 6.02. The molecule has 20 heavy (non-hydrogen) atoms. The molecule has 0 aromatic heterocycles. The Balaban J connectivity index is 2.06. The maximum atomic E-state index is 12.2. The van der Waals surface area contributed by atoms with Gasteiger partial charge in [0.2, 0.25) is 10.0 Å². The fourth-order valence-corrected chi connectivity index (χ4v) is 5.21. The summed E-state index contributed by atoms with van der Waals surface area (Å²) in [5.74, 6) is 0. The molecule has 1 fully saturated rings. The van der Waals surface area contributed by atoms with E-state index in [1.165, 1.54) is 12.1 Å². The molecule has 1 aliphatic rings. The van der Waals surface area contributed by atoms with Gasteiger partial charge in [0.15, 0.2) is 0 Å². The maximum absolute atomic E-state index is 12.2. The van der Waals surface area contributed by atoms with Crippen LogP contribution in [-0.4, -0.2) is 27.5 Å². The van der Waals surface area contributed by atoms with Crippen LogP contribution in [0.3, 0.4) is 0 Å². The summed E-state index contributed by atoms with van der Waals surface area (Å²) in [4.78, 5) is -0.0663. The first kappa shape index (κ1) is 16.5. The molecule has 1 atom stereocenters. The van der Waals surface area contributed by atoms with Crippen LogP contribution in [0.25, 0.3) is 0 Å². The Kier molecular flexibility index (Phi) is 5.73. The van der Waals surface area contributed by atoms with Gasteiger partial charge in [-0.1, -0.05) is 39.1 Å². The fourth-order valence-electron chi connectivity index (χ4n) is 2.23. The molecule has 0 spiro atoms. The number of sulfonamides is 1. The van der Waals surface area contributed by atoms with E-state index in [2.05, 4.69) is 26.0 Å². The topological polar surface area (TPSA) is 58.2 Å². The third-order valence-electron chi connectivity index (χ3n) is 3.18. The SMILES string of the molecule is O=S(=O)(NCC[C@H]1CCCN1)c1c(Cl)cc(Br)cc1Cl. The van der Waals surface area contributed by atoms with Crippen LogP contribution in [0.1, 0.15) is 19.3 Å². The molecule has 2 N–H and O–H groups in total. The lowest BCUT2D eigenvalue weighted by atomic mass is 10.2. The highest BCUT2D eigenvalue weighted by Crippen LogP contribution is 2.32. The summed E-state index contributed by atoms with van der Waals surface area (Å²) in [6.07, 6.45) is 2.98. The predicted molar refractivity (Wildman–Crippen MR) is 85.0 cm³/mol. The van der Waals surface area contributed by atoms with E-state index in [4.69, 9.17) is 23.2 Å². The van der Waals surface area contributed by atoms with E-state index >= 15 is 0 Å². The molecule has 0 bridgehead atoms. The van der Waals surface area contributed by atoms with E-state index in [9.17, 15) is 8.42 Å². The molecule has 1 saturated heterocycles. The summed E-state index contributed by atoms with van der Waals surface area (Å²) < 4.78 is 27.7. The van der Waals surface area contributed by atoms with Crippen molar-refractivity contribution < 1.29 is 8.42 Å². The first-order chi connectivity index (χ1) is 9.40. The normalized spacial score (nSPS) is 19.4. The van der Waals surface area contributed by atoms with Crippen LogP contribution in [0, 0.1) is 0 Å². The van der Waals surface area contributed by atoms with Gasteiger partial charge in [-0.15, -0.1) is 0 Å².